The van der Waals surface area contributed by atoms with Crippen LogP contribution in [-0.2, 0) is 14.3 Å². The number of hydrogen-bond donors (Lipinski definition) is 0. The summed E-state index contributed by atoms with van der Waals surface area (Å²) in [4.78, 5) is 34.0. The van der Waals surface area contributed by atoms with Crippen LogP contribution >= 0.6 is 0 Å². The van der Waals surface area contributed by atoms with E-state index in [1.165, 1.54) is 7.11 Å². The van der Waals surface area contributed by atoms with E-state index in [-0.39, 0.29) is 18.0 Å². The molecule has 1 aromatic heterocycles. The fourth-order valence-electron chi connectivity index (χ4n) is 4.60. The quantitative estimate of drug-likeness (QED) is 0.700. The molecule has 1 atom stereocenters. The molecule has 8 heteroatoms. The summed E-state index contributed by atoms with van der Waals surface area (Å²) in [6.07, 6.45) is 3.54. The predicted octanol–water partition coefficient (Wildman–Crippen LogP) is 1.27. The highest BCUT2D eigenvalue weighted by Gasteiger charge is 2.51. The number of carbonyl (C=O) groups excluding carboxylic acids is 2. The van der Waals surface area contributed by atoms with Crippen molar-refractivity contribution < 1.29 is 23.8 Å². The van der Waals surface area contributed by atoms with Crippen molar-refractivity contribution in [2.24, 2.45) is 5.41 Å². The molecule has 0 radical (unpaired) electrons. The van der Waals surface area contributed by atoms with Gasteiger partial charge in [-0.25, -0.2) is 0 Å². The summed E-state index contributed by atoms with van der Waals surface area (Å²) in [6.45, 7) is 6.96. The van der Waals surface area contributed by atoms with Crippen LogP contribution in [0.25, 0.3) is 0 Å². The standard InChI is InChI=1S/C21H29N3O5/c1-15-11-17(18(27-2)13-22-15)19(25)24-5-3-21(4-6-24)12-16(29-20(21)26)14-23-7-9-28-10-8-23/h11,13,16H,3-10,12,14H2,1-2H3. The van der Waals surface area contributed by atoms with E-state index in [4.69, 9.17) is 14.2 Å². The normalized spacial score (nSPS) is 24.6. The second kappa shape index (κ2) is 8.28. The first-order chi connectivity index (χ1) is 14.0. The van der Waals surface area contributed by atoms with E-state index < -0.39 is 5.41 Å². The predicted molar refractivity (Wildman–Crippen MR) is 105 cm³/mol. The van der Waals surface area contributed by atoms with Crippen LogP contribution < -0.4 is 4.74 Å². The number of aryl methyl sites for hydroxylation is 1. The van der Waals surface area contributed by atoms with Gasteiger partial charge in [-0.05, 0) is 25.8 Å². The molecule has 0 N–H and O–H groups in total. The summed E-state index contributed by atoms with van der Waals surface area (Å²) in [7, 11) is 1.54. The van der Waals surface area contributed by atoms with Gasteiger partial charge in [0.25, 0.3) is 5.91 Å². The number of hydrogen-bond acceptors (Lipinski definition) is 7. The molecular weight excluding hydrogens is 374 g/mol. The third kappa shape index (κ3) is 4.09. The van der Waals surface area contributed by atoms with Crippen molar-refractivity contribution in [3.8, 4) is 5.75 Å². The number of amides is 1. The summed E-state index contributed by atoms with van der Waals surface area (Å²) in [6, 6.07) is 1.76. The van der Waals surface area contributed by atoms with E-state index in [9.17, 15) is 9.59 Å². The third-order valence-electron chi connectivity index (χ3n) is 6.35. The van der Waals surface area contributed by atoms with Crippen molar-refractivity contribution in [2.75, 3.05) is 53.0 Å². The third-order valence-corrected chi connectivity index (χ3v) is 6.35. The largest absolute Gasteiger partial charge is 0.494 e. The van der Waals surface area contributed by atoms with E-state index in [0.29, 0.717) is 37.2 Å². The van der Waals surface area contributed by atoms with Gasteiger partial charge in [0.2, 0.25) is 0 Å². The molecular formula is C21H29N3O5. The SMILES string of the molecule is COc1cnc(C)cc1C(=O)N1CCC2(CC1)CC(CN1CCOCC1)OC2=O. The van der Waals surface area contributed by atoms with Crippen LogP contribution in [0.5, 0.6) is 5.75 Å². The number of pyridine rings is 1. The molecule has 3 aliphatic rings. The topological polar surface area (TPSA) is 81.2 Å². The van der Waals surface area contributed by atoms with Crippen LogP contribution in [0.2, 0.25) is 0 Å². The van der Waals surface area contributed by atoms with Crippen LogP contribution in [0.1, 0.15) is 35.3 Å². The molecule has 1 unspecified atom stereocenters. The van der Waals surface area contributed by atoms with Crippen molar-refractivity contribution in [1.29, 1.82) is 0 Å². The minimum Gasteiger partial charge on any atom is -0.494 e. The second-order valence-corrected chi connectivity index (χ2v) is 8.24. The maximum Gasteiger partial charge on any atom is 0.312 e. The number of cyclic esters (lactones) is 1. The number of carbonyl (C=O) groups is 2. The molecule has 29 heavy (non-hydrogen) atoms. The Morgan fingerprint density at radius 1 is 1.28 bits per heavy atom. The molecule has 4 heterocycles. The van der Waals surface area contributed by atoms with Gasteiger partial charge in [-0.1, -0.05) is 0 Å². The average molecular weight is 403 g/mol. The summed E-state index contributed by atoms with van der Waals surface area (Å²) in [5, 5.41) is 0. The van der Waals surface area contributed by atoms with Gasteiger partial charge in [0.15, 0.2) is 0 Å². The van der Waals surface area contributed by atoms with Crippen molar-refractivity contribution in [2.45, 2.75) is 32.3 Å². The maximum absolute atomic E-state index is 13.0. The van der Waals surface area contributed by atoms with Gasteiger partial charge in [0.1, 0.15) is 11.9 Å². The molecule has 1 spiro atoms. The number of aromatic nitrogens is 1. The van der Waals surface area contributed by atoms with E-state index >= 15 is 0 Å². The average Bonchev–Trinajstić information content (AvgIpc) is 3.03. The Balaban J connectivity index is 1.38. The lowest BCUT2D eigenvalue weighted by molar-refractivity contribution is -0.151. The fourth-order valence-corrected chi connectivity index (χ4v) is 4.60. The summed E-state index contributed by atoms with van der Waals surface area (Å²) < 4.78 is 16.4. The first kappa shape index (κ1) is 20.1. The van der Waals surface area contributed by atoms with Crippen molar-refractivity contribution in [3.63, 3.8) is 0 Å². The lowest BCUT2D eigenvalue weighted by atomic mass is 9.76. The second-order valence-electron chi connectivity index (χ2n) is 8.24. The molecule has 0 saturated carbocycles. The Kier molecular flexibility index (Phi) is 5.74. The minimum atomic E-state index is -0.452. The van der Waals surface area contributed by atoms with E-state index in [0.717, 1.165) is 45.0 Å². The molecule has 3 saturated heterocycles. The number of rotatable bonds is 4. The zero-order chi connectivity index (χ0) is 20.4. The molecule has 158 valence electrons. The molecule has 0 bridgehead atoms. The molecule has 0 aliphatic carbocycles. The lowest BCUT2D eigenvalue weighted by Crippen LogP contribution is -2.45. The Labute approximate surface area is 171 Å². The number of esters is 1. The monoisotopic (exact) mass is 403 g/mol. The molecule has 8 nitrogen and oxygen atoms in total. The van der Waals surface area contributed by atoms with Gasteiger partial charge in [-0.3, -0.25) is 19.5 Å². The number of methoxy groups -OCH3 is 1. The van der Waals surface area contributed by atoms with E-state index in [2.05, 4.69) is 9.88 Å². The zero-order valence-corrected chi connectivity index (χ0v) is 17.2. The number of morpholine rings is 1. The van der Waals surface area contributed by atoms with Crippen LogP contribution in [0, 0.1) is 12.3 Å². The molecule has 0 aromatic carbocycles. The van der Waals surface area contributed by atoms with Gasteiger partial charge >= 0.3 is 5.97 Å². The van der Waals surface area contributed by atoms with Crippen molar-refractivity contribution >= 4 is 11.9 Å². The fraction of sp³-hybridized carbons (Fsp3) is 0.667. The molecule has 3 fully saturated rings. The van der Waals surface area contributed by atoms with Gasteiger partial charge in [0.05, 0.1) is 37.5 Å². The van der Waals surface area contributed by atoms with Crippen LogP contribution in [-0.4, -0.2) is 85.8 Å². The molecule has 1 aromatic rings. The number of likely N-dealkylation sites (tertiary alicyclic amines) is 1. The Morgan fingerprint density at radius 2 is 2.00 bits per heavy atom. The van der Waals surface area contributed by atoms with Crippen LogP contribution in [0.15, 0.2) is 12.3 Å². The number of nitrogens with zero attached hydrogens (tertiary/aromatic N) is 3. The van der Waals surface area contributed by atoms with Crippen molar-refractivity contribution in [3.05, 3.63) is 23.5 Å². The first-order valence-electron chi connectivity index (χ1n) is 10.3. The van der Waals surface area contributed by atoms with Gasteiger partial charge in [0, 0.05) is 44.8 Å². The molecule has 4 rings (SSSR count). The van der Waals surface area contributed by atoms with E-state index in [1.807, 2.05) is 11.8 Å². The van der Waals surface area contributed by atoms with Crippen LogP contribution in [0.4, 0.5) is 0 Å². The molecule has 3 aliphatic heterocycles. The van der Waals surface area contributed by atoms with Gasteiger partial charge in [-0.2, -0.15) is 0 Å². The highest BCUT2D eigenvalue weighted by Crippen LogP contribution is 2.43. The maximum atomic E-state index is 13.0. The van der Waals surface area contributed by atoms with Crippen LogP contribution in [0.3, 0.4) is 0 Å². The Bertz CT molecular complexity index is 770. The van der Waals surface area contributed by atoms with Gasteiger partial charge in [-0.15, -0.1) is 0 Å². The first-order valence-corrected chi connectivity index (χ1v) is 10.3. The Morgan fingerprint density at radius 3 is 2.69 bits per heavy atom. The molecule has 1 amide bonds. The number of ether oxygens (including phenoxy) is 3. The highest BCUT2D eigenvalue weighted by atomic mass is 16.6. The summed E-state index contributed by atoms with van der Waals surface area (Å²) >= 11 is 0. The van der Waals surface area contributed by atoms with E-state index in [1.54, 1.807) is 12.3 Å². The number of piperidine rings is 1. The minimum absolute atomic E-state index is 0.0641. The lowest BCUT2D eigenvalue weighted by Gasteiger charge is -2.36. The Hall–Kier alpha value is -2.19. The van der Waals surface area contributed by atoms with Gasteiger partial charge < -0.3 is 19.1 Å². The smallest absolute Gasteiger partial charge is 0.312 e. The zero-order valence-electron chi connectivity index (χ0n) is 17.2. The highest BCUT2D eigenvalue weighted by molar-refractivity contribution is 5.97. The summed E-state index contributed by atoms with van der Waals surface area (Å²) in [5.41, 5.74) is 0.842. The van der Waals surface area contributed by atoms with Crippen molar-refractivity contribution in [1.82, 2.24) is 14.8 Å². The summed E-state index contributed by atoms with van der Waals surface area (Å²) in [5.74, 6) is 0.311.